The molecule has 0 bridgehead atoms. The van der Waals surface area contributed by atoms with E-state index in [1.165, 1.54) is 17.8 Å². The summed E-state index contributed by atoms with van der Waals surface area (Å²) in [5, 5.41) is 6.81. The normalized spacial score (nSPS) is 16.7. The van der Waals surface area contributed by atoms with Crippen LogP contribution in [-0.4, -0.2) is 37.2 Å². The fourth-order valence-electron chi connectivity index (χ4n) is 2.43. The summed E-state index contributed by atoms with van der Waals surface area (Å²) in [4.78, 5) is 36.9. The van der Waals surface area contributed by atoms with Crippen molar-refractivity contribution in [2.75, 3.05) is 13.2 Å². The van der Waals surface area contributed by atoms with Gasteiger partial charge in [0.25, 0.3) is 0 Å². The first-order chi connectivity index (χ1) is 13.0. The molecule has 0 radical (unpaired) electrons. The van der Waals surface area contributed by atoms with Crippen molar-refractivity contribution in [1.82, 2.24) is 10.6 Å². The standard InChI is InChI=1S/C19H22N2O5S/c1-3-14-17(18(23)25-4-2)15(21-19(24)20-14)12-26-16(22)10-11-27-13-8-6-5-7-9-13/h5-11,14H,3-4,12H2,1-2H3,(H2,20,21,24)/b11-10+/t14-/m0/s1. The lowest BCUT2D eigenvalue weighted by molar-refractivity contribution is -0.140. The summed E-state index contributed by atoms with van der Waals surface area (Å²) in [5.41, 5.74) is 0.510. The summed E-state index contributed by atoms with van der Waals surface area (Å²) < 4.78 is 10.2. The minimum Gasteiger partial charge on any atom is -0.463 e. The molecule has 1 aliphatic heterocycles. The Labute approximate surface area is 162 Å². The highest BCUT2D eigenvalue weighted by Crippen LogP contribution is 2.19. The van der Waals surface area contributed by atoms with Crippen molar-refractivity contribution in [3.8, 4) is 0 Å². The fourth-order valence-corrected chi connectivity index (χ4v) is 3.08. The van der Waals surface area contributed by atoms with Crippen molar-refractivity contribution < 1.29 is 23.9 Å². The lowest BCUT2D eigenvalue weighted by atomic mass is 10.0. The van der Waals surface area contributed by atoms with E-state index >= 15 is 0 Å². The van der Waals surface area contributed by atoms with Crippen LogP contribution >= 0.6 is 11.8 Å². The van der Waals surface area contributed by atoms with Crippen LogP contribution < -0.4 is 10.6 Å². The van der Waals surface area contributed by atoms with Gasteiger partial charge >= 0.3 is 18.0 Å². The molecule has 1 atom stereocenters. The Morgan fingerprint density at radius 2 is 1.93 bits per heavy atom. The van der Waals surface area contributed by atoms with E-state index in [4.69, 9.17) is 9.47 Å². The van der Waals surface area contributed by atoms with Gasteiger partial charge in [-0.05, 0) is 30.9 Å². The third-order valence-electron chi connectivity index (χ3n) is 3.66. The largest absolute Gasteiger partial charge is 0.463 e. The number of ether oxygens (including phenoxy) is 2. The van der Waals surface area contributed by atoms with Crippen LogP contribution in [0.25, 0.3) is 0 Å². The molecular formula is C19H22N2O5S. The van der Waals surface area contributed by atoms with E-state index in [0.29, 0.717) is 6.42 Å². The van der Waals surface area contributed by atoms with Crippen molar-refractivity contribution in [3.63, 3.8) is 0 Å². The Morgan fingerprint density at radius 1 is 1.19 bits per heavy atom. The summed E-state index contributed by atoms with van der Waals surface area (Å²) in [6.45, 7) is 3.52. The fraction of sp³-hybridized carbons (Fsp3) is 0.316. The lowest BCUT2D eigenvalue weighted by Gasteiger charge is -2.28. The van der Waals surface area contributed by atoms with Crippen LogP contribution in [0.2, 0.25) is 0 Å². The second-order valence-corrected chi connectivity index (χ2v) is 6.49. The Balaban J connectivity index is 2.01. The number of hydrogen-bond acceptors (Lipinski definition) is 6. The van der Waals surface area contributed by atoms with Crippen molar-refractivity contribution >= 4 is 29.7 Å². The quantitative estimate of drug-likeness (QED) is 0.403. The van der Waals surface area contributed by atoms with Gasteiger partial charge in [0.15, 0.2) is 0 Å². The summed E-state index contributed by atoms with van der Waals surface area (Å²) in [6.07, 6.45) is 1.80. The number of carbonyl (C=O) groups is 3. The van der Waals surface area contributed by atoms with Crippen LogP contribution in [0.15, 0.2) is 58.0 Å². The molecule has 0 saturated heterocycles. The molecule has 0 fully saturated rings. The van der Waals surface area contributed by atoms with Gasteiger partial charge in [-0.2, -0.15) is 0 Å². The van der Waals surface area contributed by atoms with Crippen LogP contribution in [0.1, 0.15) is 20.3 Å². The number of esters is 2. The number of thioether (sulfide) groups is 1. The molecule has 7 nitrogen and oxygen atoms in total. The molecule has 144 valence electrons. The first-order valence-electron chi connectivity index (χ1n) is 8.57. The number of rotatable bonds is 8. The Hall–Kier alpha value is -2.74. The van der Waals surface area contributed by atoms with Gasteiger partial charge < -0.3 is 20.1 Å². The maximum atomic E-state index is 12.2. The van der Waals surface area contributed by atoms with Gasteiger partial charge in [-0.1, -0.05) is 36.9 Å². The molecule has 0 spiro atoms. The summed E-state index contributed by atoms with van der Waals surface area (Å²) in [7, 11) is 0. The van der Waals surface area contributed by atoms with Gasteiger partial charge in [0.1, 0.15) is 6.61 Å². The number of nitrogens with one attached hydrogen (secondary N) is 2. The highest BCUT2D eigenvalue weighted by atomic mass is 32.2. The molecule has 2 amide bonds. The van der Waals surface area contributed by atoms with Gasteiger partial charge in [-0.3, -0.25) is 0 Å². The minimum atomic E-state index is -0.574. The van der Waals surface area contributed by atoms with Gasteiger partial charge in [-0.15, -0.1) is 0 Å². The minimum absolute atomic E-state index is 0.208. The second-order valence-electron chi connectivity index (χ2n) is 5.51. The van der Waals surface area contributed by atoms with E-state index in [1.54, 1.807) is 12.3 Å². The van der Waals surface area contributed by atoms with Crippen LogP contribution in [-0.2, 0) is 19.1 Å². The van der Waals surface area contributed by atoms with E-state index in [9.17, 15) is 14.4 Å². The molecule has 0 aliphatic carbocycles. The van der Waals surface area contributed by atoms with Gasteiger partial charge in [0.05, 0.1) is 23.9 Å². The predicted octanol–water partition coefficient (Wildman–Crippen LogP) is 2.74. The third-order valence-corrected chi connectivity index (χ3v) is 4.47. The van der Waals surface area contributed by atoms with Crippen molar-refractivity contribution in [1.29, 1.82) is 0 Å². The van der Waals surface area contributed by atoms with Crippen LogP contribution in [0.4, 0.5) is 4.79 Å². The Kier molecular flexibility index (Phi) is 7.94. The third kappa shape index (κ3) is 6.18. The lowest BCUT2D eigenvalue weighted by Crippen LogP contribution is -2.51. The van der Waals surface area contributed by atoms with Crippen molar-refractivity contribution in [2.24, 2.45) is 0 Å². The van der Waals surface area contributed by atoms with Crippen molar-refractivity contribution in [2.45, 2.75) is 31.2 Å². The van der Waals surface area contributed by atoms with E-state index in [2.05, 4.69) is 10.6 Å². The summed E-state index contributed by atoms with van der Waals surface area (Å²) >= 11 is 1.38. The molecule has 1 aromatic rings. The van der Waals surface area contributed by atoms with Crippen molar-refractivity contribution in [3.05, 3.63) is 53.1 Å². The zero-order valence-corrected chi connectivity index (χ0v) is 16.0. The first-order valence-corrected chi connectivity index (χ1v) is 9.45. The highest BCUT2D eigenvalue weighted by molar-refractivity contribution is 8.02. The van der Waals surface area contributed by atoms with Crippen LogP contribution in [0, 0.1) is 0 Å². The zero-order chi connectivity index (χ0) is 19.6. The SMILES string of the molecule is CCOC(=O)C1=C(COC(=O)/C=C/Sc2ccccc2)NC(=O)N[C@H]1CC. The molecule has 1 aliphatic rings. The topological polar surface area (TPSA) is 93.7 Å². The Morgan fingerprint density at radius 3 is 2.59 bits per heavy atom. The maximum Gasteiger partial charge on any atom is 0.338 e. The first kappa shape index (κ1) is 20.6. The second kappa shape index (κ2) is 10.4. The smallest absolute Gasteiger partial charge is 0.338 e. The molecule has 27 heavy (non-hydrogen) atoms. The molecule has 0 saturated carbocycles. The average Bonchev–Trinajstić information content (AvgIpc) is 2.66. The van der Waals surface area contributed by atoms with Gasteiger partial charge in [-0.25, -0.2) is 14.4 Å². The summed E-state index contributed by atoms with van der Waals surface area (Å²) in [5.74, 6) is -1.12. The van der Waals surface area contributed by atoms with E-state index < -0.39 is 24.0 Å². The van der Waals surface area contributed by atoms with Crippen LogP contribution in [0.3, 0.4) is 0 Å². The van der Waals surface area contributed by atoms with E-state index in [1.807, 2.05) is 37.3 Å². The number of amides is 2. The Bertz CT molecular complexity index is 746. The number of carbonyl (C=O) groups excluding carboxylic acids is 3. The number of hydrogen-bond donors (Lipinski definition) is 2. The number of benzene rings is 1. The van der Waals surface area contributed by atoms with Gasteiger partial charge in [0, 0.05) is 11.0 Å². The van der Waals surface area contributed by atoms with E-state index in [-0.39, 0.29) is 24.5 Å². The molecule has 1 aromatic carbocycles. The molecular weight excluding hydrogens is 368 g/mol. The molecule has 0 unspecified atom stereocenters. The van der Waals surface area contributed by atoms with Gasteiger partial charge in [0.2, 0.25) is 0 Å². The van der Waals surface area contributed by atoms with E-state index in [0.717, 1.165) is 4.90 Å². The maximum absolute atomic E-state index is 12.2. The molecule has 2 rings (SSSR count). The highest BCUT2D eigenvalue weighted by Gasteiger charge is 2.31. The molecule has 8 heteroatoms. The molecule has 1 heterocycles. The van der Waals surface area contributed by atoms with Crippen LogP contribution in [0.5, 0.6) is 0 Å². The zero-order valence-electron chi connectivity index (χ0n) is 15.2. The number of urea groups is 1. The molecule has 2 N–H and O–H groups in total. The summed E-state index contributed by atoms with van der Waals surface area (Å²) in [6, 6.07) is 8.63. The predicted molar refractivity (Wildman–Crippen MR) is 102 cm³/mol. The molecule has 0 aromatic heterocycles. The average molecular weight is 390 g/mol. The monoisotopic (exact) mass is 390 g/mol.